The highest BCUT2D eigenvalue weighted by Gasteiger charge is 2.08. The Morgan fingerprint density at radius 3 is 2.86 bits per heavy atom. The van der Waals surface area contributed by atoms with Crippen molar-refractivity contribution in [3.63, 3.8) is 0 Å². The molecule has 0 atom stereocenters. The molecule has 3 rings (SSSR count). The van der Waals surface area contributed by atoms with E-state index in [1.54, 1.807) is 11.3 Å². The largest absolute Gasteiger partial charge is 0.357 e. The highest BCUT2D eigenvalue weighted by molar-refractivity contribution is 7.14. The minimum Gasteiger partial charge on any atom is -0.357 e. The van der Waals surface area contributed by atoms with Gasteiger partial charge in [0.25, 0.3) is 0 Å². The van der Waals surface area contributed by atoms with E-state index in [9.17, 15) is 0 Å². The Kier molecular flexibility index (Phi) is 3.94. The number of rotatable bonds is 4. The molecule has 1 N–H and O–H groups in total. The summed E-state index contributed by atoms with van der Waals surface area (Å²) in [5.74, 6) is 0. The Bertz CT molecular complexity index is 763. The van der Waals surface area contributed by atoms with E-state index in [-0.39, 0.29) is 0 Å². The summed E-state index contributed by atoms with van der Waals surface area (Å²) in [5, 5.41) is 11.2. The number of benzene rings is 1. The second kappa shape index (κ2) is 5.87. The number of aryl methyl sites for hydroxylation is 1. The molecule has 0 fully saturated rings. The average Bonchev–Trinajstić information content (AvgIpc) is 3.06. The number of halogens is 1. The van der Waals surface area contributed by atoms with Crippen LogP contribution in [-0.2, 0) is 13.6 Å². The molecule has 0 unspecified atom stereocenters. The van der Waals surface area contributed by atoms with Crippen LogP contribution in [-0.4, -0.2) is 14.8 Å². The SMILES string of the molecule is Cc1c(CNc2nc(-c3ccccc3Cl)cs2)cnn1C. The molecule has 0 aliphatic heterocycles. The first kappa shape index (κ1) is 14.1. The Balaban J connectivity index is 1.74. The smallest absolute Gasteiger partial charge is 0.183 e. The average molecular weight is 319 g/mol. The quantitative estimate of drug-likeness (QED) is 0.787. The molecule has 0 aliphatic carbocycles. The molecule has 21 heavy (non-hydrogen) atoms. The van der Waals surface area contributed by atoms with E-state index in [1.165, 1.54) is 5.56 Å². The highest BCUT2D eigenvalue weighted by Crippen LogP contribution is 2.30. The molecule has 6 heteroatoms. The number of nitrogens with zero attached hydrogens (tertiary/aromatic N) is 3. The zero-order valence-corrected chi connectivity index (χ0v) is 13.4. The molecule has 0 spiro atoms. The molecule has 4 nitrogen and oxygen atoms in total. The van der Waals surface area contributed by atoms with Gasteiger partial charge in [-0.05, 0) is 13.0 Å². The van der Waals surface area contributed by atoms with Gasteiger partial charge in [0.15, 0.2) is 5.13 Å². The molecule has 2 aromatic heterocycles. The van der Waals surface area contributed by atoms with Crippen molar-refractivity contribution in [1.29, 1.82) is 0 Å². The van der Waals surface area contributed by atoms with E-state index in [2.05, 4.69) is 22.3 Å². The standard InChI is InChI=1S/C15H15ClN4S/c1-10-11(8-18-20(10)2)7-17-15-19-14(9-21-15)12-5-3-4-6-13(12)16/h3-6,8-9H,7H2,1-2H3,(H,17,19). The van der Waals surface area contributed by atoms with Crippen LogP contribution >= 0.6 is 22.9 Å². The highest BCUT2D eigenvalue weighted by atomic mass is 35.5. The molecule has 0 radical (unpaired) electrons. The number of nitrogens with one attached hydrogen (secondary N) is 1. The van der Waals surface area contributed by atoms with Crippen LogP contribution in [0.15, 0.2) is 35.8 Å². The second-order valence-corrected chi connectivity index (χ2v) is 6.02. The summed E-state index contributed by atoms with van der Waals surface area (Å²) < 4.78 is 1.87. The fourth-order valence-corrected chi connectivity index (χ4v) is 2.98. The summed E-state index contributed by atoms with van der Waals surface area (Å²) in [6.45, 7) is 2.77. The maximum Gasteiger partial charge on any atom is 0.183 e. The number of aromatic nitrogens is 3. The molecule has 1 aromatic carbocycles. The van der Waals surface area contributed by atoms with Gasteiger partial charge < -0.3 is 5.32 Å². The molecule has 0 saturated heterocycles. The molecular formula is C15H15ClN4S. The zero-order valence-electron chi connectivity index (χ0n) is 11.8. The van der Waals surface area contributed by atoms with Crippen molar-refractivity contribution in [3.05, 3.63) is 52.1 Å². The predicted molar refractivity (Wildman–Crippen MR) is 87.8 cm³/mol. The van der Waals surface area contributed by atoms with Crippen molar-refractivity contribution in [2.24, 2.45) is 7.05 Å². The number of anilines is 1. The van der Waals surface area contributed by atoms with Gasteiger partial charge in [-0.25, -0.2) is 4.98 Å². The maximum atomic E-state index is 6.20. The monoisotopic (exact) mass is 318 g/mol. The predicted octanol–water partition coefficient (Wildman–Crippen LogP) is 4.12. The fraction of sp³-hybridized carbons (Fsp3) is 0.200. The van der Waals surface area contributed by atoms with Crippen molar-refractivity contribution < 1.29 is 0 Å². The van der Waals surface area contributed by atoms with Gasteiger partial charge in [-0.3, -0.25) is 4.68 Å². The third kappa shape index (κ3) is 2.94. The summed E-state index contributed by atoms with van der Waals surface area (Å²) in [4.78, 5) is 4.59. The topological polar surface area (TPSA) is 42.7 Å². The van der Waals surface area contributed by atoms with Crippen molar-refractivity contribution in [3.8, 4) is 11.3 Å². The summed E-state index contributed by atoms with van der Waals surface area (Å²) in [7, 11) is 1.94. The minimum atomic E-state index is 0.717. The minimum absolute atomic E-state index is 0.717. The van der Waals surface area contributed by atoms with Crippen LogP contribution in [0.5, 0.6) is 0 Å². The Morgan fingerprint density at radius 2 is 2.14 bits per heavy atom. The number of hydrogen-bond donors (Lipinski definition) is 1. The molecule has 2 heterocycles. The van der Waals surface area contributed by atoms with E-state index in [1.807, 2.05) is 47.6 Å². The van der Waals surface area contributed by atoms with Crippen LogP contribution in [0, 0.1) is 6.92 Å². The summed E-state index contributed by atoms with van der Waals surface area (Å²) >= 11 is 7.77. The third-order valence-corrected chi connectivity index (χ3v) is 4.55. The van der Waals surface area contributed by atoms with Crippen molar-refractivity contribution in [1.82, 2.24) is 14.8 Å². The van der Waals surface area contributed by atoms with Crippen molar-refractivity contribution >= 4 is 28.1 Å². The van der Waals surface area contributed by atoms with Gasteiger partial charge in [-0.1, -0.05) is 29.8 Å². The lowest BCUT2D eigenvalue weighted by atomic mass is 10.2. The molecule has 0 aliphatic rings. The lowest BCUT2D eigenvalue weighted by Crippen LogP contribution is -2.01. The van der Waals surface area contributed by atoms with E-state index in [0.717, 1.165) is 33.7 Å². The van der Waals surface area contributed by atoms with Crippen LogP contribution in [0.25, 0.3) is 11.3 Å². The van der Waals surface area contributed by atoms with Gasteiger partial charge in [-0.2, -0.15) is 5.10 Å². The van der Waals surface area contributed by atoms with Crippen molar-refractivity contribution in [2.75, 3.05) is 5.32 Å². The summed E-state index contributed by atoms with van der Waals surface area (Å²) in [5.41, 5.74) is 4.19. The normalized spacial score (nSPS) is 10.8. The van der Waals surface area contributed by atoms with Gasteiger partial charge in [0.1, 0.15) is 0 Å². The lowest BCUT2D eigenvalue weighted by molar-refractivity contribution is 0.738. The molecule has 0 saturated carbocycles. The number of thiazole rings is 1. The van der Waals surface area contributed by atoms with Crippen LogP contribution in [0.4, 0.5) is 5.13 Å². The van der Waals surface area contributed by atoms with Gasteiger partial charge in [-0.15, -0.1) is 11.3 Å². The van der Waals surface area contributed by atoms with Gasteiger partial charge >= 0.3 is 0 Å². The second-order valence-electron chi connectivity index (χ2n) is 4.75. The third-order valence-electron chi connectivity index (χ3n) is 3.42. The lowest BCUT2D eigenvalue weighted by Gasteiger charge is -2.02. The van der Waals surface area contributed by atoms with Gasteiger partial charge in [0.2, 0.25) is 0 Å². The molecule has 108 valence electrons. The van der Waals surface area contributed by atoms with E-state index in [0.29, 0.717) is 0 Å². The van der Waals surface area contributed by atoms with Gasteiger partial charge in [0, 0.05) is 40.8 Å². The Hall–Kier alpha value is -1.85. The first-order chi connectivity index (χ1) is 10.1. The molecular weight excluding hydrogens is 304 g/mol. The Labute approximate surface area is 132 Å². The van der Waals surface area contributed by atoms with Crippen molar-refractivity contribution in [2.45, 2.75) is 13.5 Å². The van der Waals surface area contributed by atoms with Crippen LogP contribution in [0.2, 0.25) is 5.02 Å². The van der Waals surface area contributed by atoms with Gasteiger partial charge in [0.05, 0.1) is 11.9 Å². The van der Waals surface area contributed by atoms with Crippen LogP contribution < -0.4 is 5.32 Å². The van der Waals surface area contributed by atoms with Crippen LogP contribution in [0.1, 0.15) is 11.3 Å². The van der Waals surface area contributed by atoms with Crippen LogP contribution in [0.3, 0.4) is 0 Å². The molecule has 3 aromatic rings. The Morgan fingerprint density at radius 1 is 1.33 bits per heavy atom. The zero-order chi connectivity index (χ0) is 14.8. The molecule has 0 bridgehead atoms. The van der Waals surface area contributed by atoms with E-state index in [4.69, 9.17) is 11.6 Å². The maximum absolute atomic E-state index is 6.20. The summed E-state index contributed by atoms with van der Waals surface area (Å²) in [6, 6.07) is 7.74. The fourth-order valence-electron chi connectivity index (χ4n) is 2.04. The van der Waals surface area contributed by atoms with E-state index >= 15 is 0 Å². The first-order valence-corrected chi connectivity index (χ1v) is 7.82. The number of hydrogen-bond acceptors (Lipinski definition) is 4. The molecule has 0 amide bonds. The summed E-state index contributed by atoms with van der Waals surface area (Å²) in [6.07, 6.45) is 1.88. The van der Waals surface area contributed by atoms with E-state index < -0.39 is 0 Å². The first-order valence-electron chi connectivity index (χ1n) is 6.57.